The fraction of sp³-hybridized carbons (Fsp3) is 0.542. The summed E-state index contributed by atoms with van der Waals surface area (Å²) in [6.07, 6.45) is 15.2. The molecule has 4 atom stereocenters. The molecule has 10 rings (SSSR count). The third kappa shape index (κ3) is 14.5. The van der Waals surface area contributed by atoms with Crippen molar-refractivity contribution in [2.75, 3.05) is 63.1 Å². The first-order valence-corrected chi connectivity index (χ1v) is 29.4. The van der Waals surface area contributed by atoms with E-state index in [1.54, 1.807) is 30.3 Å². The zero-order chi connectivity index (χ0) is 58.2. The highest BCUT2D eigenvalue weighted by Crippen LogP contribution is 2.51. The van der Waals surface area contributed by atoms with Crippen LogP contribution in [0.25, 0.3) is 11.8 Å². The van der Waals surface area contributed by atoms with Gasteiger partial charge in [-0.05, 0) is 146 Å². The predicted molar refractivity (Wildman–Crippen MR) is 311 cm³/mol. The topological polar surface area (TPSA) is 298 Å². The number of carbonyl (C=O) groups is 3. The lowest BCUT2D eigenvalue weighted by molar-refractivity contribution is -0.235. The number of para-hydroxylation sites is 1. The summed E-state index contributed by atoms with van der Waals surface area (Å²) in [7, 11) is -2.70. The van der Waals surface area contributed by atoms with Crippen LogP contribution in [0.4, 0.5) is 16.6 Å². The number of nitrogens with one attached hydrogen (secondary N) is 2. The first-order valence-electron chi connectivity index (χ1n) is 28.2. The van der Waals surface area contributed by atoms with Gasteiger partial charge in [0, 0.05) is 126 Å². The number of H-pyrrole nitrogens is 1. The quantitative estimate of drug-likeness (QED) is 0.0292. The molecule has 1 aliphatic carbocycles. The van der Waals surface area contributed by atoms with Gasteiger partial charge in [0.15, 0.2) is 0 Å². The second kappa shape index (κ2) is 26.3. The Labute approximate surface area is 477 Å². The molecule has 0 bridgehead atoms. The van der Waals surface area contributed by atoms with Crippen LogP contribution < -0.4 is 31.9 Å². The highest BCUT2D eigenvalue weighted by Gasteiger charge is 2.56. The normalized spacial score (nSPS) is 21.6. The molecule has 6 aliphatic rings. The maximum Gasteiger partial charge on any atom is 0.370 e. The van der Waals surface area contributed by atoms with Gasteiger partial charge in [0.2, 0.25) is 18.3 Å². The number of aromatic amines is 1. The number of benzene rings is 2. The molecule has 438 valence electrons. The number of nitrogens with zero attached hydrogens (tertiary/aromatic N) is 7. The summed E-state index contributed by atoms with van der Waals surface area (Å²) in [6.45, 7) is 18.1. The van der Waals surface area contributed by atoms with Crippen molar-refractivity contribution in [2.45, 2.75) is 141 Å². The number of nitrogen functional groups attached to an aromatic ring is 1. The monoisotopic (exact) mass is 1130 g/mol. The number of ether oxygens (including phenoxy) is 1. The first kappa shape index (κ1) is 60.7. The van der Waals surface area contributed by atoms with Crippen molar-refractivity contribution in [3.63, 3.8) is 0 Å². The predicted octanol–water partition coefficient (Wildman–Crippen LogP) is 6.67. The number of likely N-dealkylation sites (tertiary alicyclic amines) is 3. The zero-order valence-corrected chi connectivity index (χ0v) is 48.6. The number of rotatable bonds is 13. The maximum atomic E-state index is 13.9. The number of fused-ring (bicyclic) bond motifs is 1. The van der Waals surface area contributed by atoms with Crippen molar-refractivity contribution in [1.29, 1.82) is 0 Å². The number of hydrogen-bond donors (Lipinski definition) is 9. The Morgan fingerprint density at radius 2 is 1.68 bits per heavy atom. The number of piperidine rings is 1. The van der Waals surface area contributed by atoms with E-state index in [-0.39, 0.29) is 52.0 Å². The van der Waals surface area contributed by atoms with E-state index >= 15 is 0 Å². The molecule has 2 aromatic heterocycles. The number of anilines is 2. The molecule has 21 nitrogen and oxygen atoms in total. The third-order valence-corrected chi connectivity index (χ3v) is 17.8. The molecule has 7 heterocycles. The van der Waals surface area contributed by atoms with Crippen molar-refractivity contribution in [1.82, 2.24) is 40.0 Å². The summed E-state index contributed by atoms with van der Waals surface area (Å²) in [5.74, 6) is 7.60. The molecular formula is C59H83N12O9P. The number of nitrogens with two attached hydrogens (primary N) is 3. The molecular weight excluding hydrogens is 1050 g/mol. The van der Waals surface area contributed by atoms with Gasteiger partial charge in [-0.1, -0.05) is 37.1 Å². The van der Waals surface area contributed by atoms with Gasteiger partial charge < -0.3 is 66.4 Å². The van der Waals surface area contributed by atoms with E-state index in [0.717, 1.165) is 118 Å². The van der Waals surface area contributed by atoms with Gasteiger partial charge in [-0.15, -0.1) is 5.92 Å². The van der Waals surface area contributed by atoms with Crippen molar-refractivity contribution < 1.29 is 44.1 Å². The Hall–Kier alpha value is -6.34. The maximum absolute atomic E-state index is 13.9. The molecule has 4 unspecified atom stereocenters. The fourth-order valence-electron chi connectivity index (χ4n) is 12.7. The van der Waals surface area contributed by atoms with E-state index in [4.69, 9.17) is 35.5 Å². The molecule has 0 radical (unpaired) electrons. The average molecular weight is 1140 g/mol. The lowest BCUT2D eigenvalue weighted by atomic mass is 9.60. The number of hydrogen-bond acceptors (Lipinski definition) is 16. The second-order valence-corrected chi connectivity index (χ2v) is 24.6. The average Bonchev–Trinajstić information content (AvgIpc) is 4.01. The highest BCUT2D eigenvalue weighted by molar-refractivity contribution is 7.43. The van der Waals surface area contributed by atoms with Gasteiger partial charge in [0.1, 0.15) is 17.6 Å². The molecule has 4 aromatic rings. The summed E-state index contributed by atoms with van der Waals surface area (Å²) >= 11 is 0. The van der Waals surface area contributed by atoms with E-state index in [9.17, 15) is 30.0 Å². The smallest absolute Gasteiger partial charge is 0.370 e. The number of carbonyl (C=O) groups excluding carboxylic acids is 3. The van der Waals surface area contributed by atoms with Crippen LogP contribution in [0.1, 0.15) is 144 Å². The number of aromatic nitrogens is 3. The van der Waals surface area contributed by atoms with Crippen LogP contribution in [-0.4, -0.2) is 150 Å². The van der Waals surface area contributed by atoms with Crippen molar-refractivity contribution in [3.8, 4) is 17.6 Å². The van der Waals surface area contributed by atoms with Crippen LogP contribution in [0.5, 0.6) is 5.75 Å². The number of primary amides is 1. The Bertz CT molecular complexity index is 2880. The molecule has 1 spiro atoms. The van der Waals surface area contributed by atoms with Gasteiger partial charge >= 0.3 is 14.6 Å². The Balaban J connectivity index is 0.000000437. The van der Waals surface area contributed by atoms with E-state index in [0.29, 0.717) is 67.6 Å². The summed E-state index contributed by atoms with van der Waals surface area (Å²) < 4.78 is 11.0. The fourth-order valence-corrected chi connectivity index (χ4v) is 13.1. The van der Waals surface area contributed by atoms with Crippen LogP contribution in [0.2, 0.25) is 0 Å². The van der Waals surface area contributed by atoms with Gasteiger partial charge in [-0.3, -0.25) is 20.0 Å². The Kier molecular flexibility index (Phi) is 19.7. The summed E-state index contributed by atoms with van der Waals surface area (Å²) in [5, 5.41) is 31.3. The minimum atomic E-state index is -2.70. The van der Waals surface area contributed by atoms with E-state index in [1.807, 2.05) is 67.2 Å². The van der Waals surface area contributed by atoms with E-state index < -0.39 is 20.2 Å². The molecule has 4 saturated heterocycles. The molecule has 5 aliphatic heterocycles. The van der Waals surface area contributed by atoms with Crippen LogP contribution in [0, 0.1) is 22.7 Å². The Morgan fingerprint density at radius 3 is 2.28 bits per heavy atom. The molecule has 5 fully saturated rings. The summed E-state index contributed by atoms with van der Waals surface area (Å²) in [6, 6.07) is 14.7. The van der Waals surface area contributed by atoms with Crippen molar-refractivity contribution in [2.24, 2.45) is 22.3 Å². The Morgan fingerprint density at radius 1 is 1.02 bits per heavy atom. The van der Waals surface area contributed by atoms with Gasteiger partial charge in [-0.25, -0.2) is 14.8 Å². The van der Waals surface area contributed by atoms with Gasteiger partial charge in [0.25, 0.3) is 0 Å². The van der Waals surface area contributed by atoms with E-state index in [2.05, 4.69) is 58.4 Å². The van der Waals surface area contributed by atoms with Gasteiger partial charge in [-0.2, -0.15) is 0 Å². The van der Waals surface area contributed by atoms with Crippen LogP contribution in [0.15, 0.2) is 60.9 Å². The first-order chi connectivity index (χ1) is 38.6. The number of aliphatic hydroxyl groups is 1. The SMILES string of the molecule is CC#Cc1ccc(CC(C)(C)O)cc1.CC1CCCN1C(=O)C(NC(=O)N1CC2(CC(N3CCC(c4cnc(N5CCc6[nH]c(N)c(/C=C(\N)c7ccccc7OP(O)N(O)O)c6C5C)nc4)CC3)C2)C1)C1(C)CCOCC1.NC=O. The molecule has 1 saturated carbocycles. The largest absolute Gasteiger partial charge is 0.433 e. The molecule has 12 N–H and O–H groups in total. The minimum Gasteiger partial charge on any atom is -0.433 e. The number of amides is 4. The van der Waals surface area contributed by atoms with E-state index in [1.165, 1.54) is 0 Å². The summed E-state index contributed by atoms with van der Waals surface area (Å²) in [4.78, 5) is 67.6. The van der Waals surface area contributed by atoms with Crippen molar-refractivity contribution in [3.05, 3.63) is 100.0 Å². The minimum absolute atomic E-state index is 0.0647. The highest BCUT2D eigenvalue weighted by atomic mass is 31.2. The summed E-state index contributed by atoms with van der Waals surface area (Å²) in [5.41, 5.74) is 23.4. The molecule has 2 aromatic carbocycles. The van der Waals surface area contributed by atoms with Crippen LogP contribution in [-0.2, 0) is 27.2 Å². The molecule has 22 heteroatoms. The van der Waals surface area contributed by atoms with Crippen molar-refractivity contribution >= 4 is 50.4 Å². The van der Waals surface area contributed by atoms with Crippen LogP contribution >= 0.6 is 8.53 Å². The number of urea groups is 1. The zero-order valence-electron chi connectivity index (χ0n) is 47.7. The second-order valence-electron chi connectivity index (χ2n) is 23.6. The molecule has 4 amide bonds. The molecule has 81 heavy (non-hydrogen) atoms. The third-order valence-electron chi connectivity index (χ3n) is 17.2. The van der Waals surface area contributed by atoms with Crippen LogP contribution in [0.3, 0.4) is 0 Å². The van der Waals surface area contributed by atoms with Gasteiger partial charge in [0.05, 0.1) is 11.6 Å². The standard InChI is InChI=1S/C45H64N11O7P.C13H16O.CH3NO/c1-28-7-6-15-54(28)41(57)39(44(3)13-19-62-20-14-44)51-43(58)53-26-45(27-53)22-32(23-45)52-16-10-30(11-17-52)31-24-48-42(49-25-31)55-18-12-36-38(29(55)2)34(40(47)50-36)21-35(46)33-8-4-5-9-37(33)63-64(61)56(59)60;1-4-5-11-6-8-12(9-7-11)10-13(2,3)14;2-1-3/h4-5,8-9,21,24-25,28-30,32,39,50,59-61H,6-7,10-20,22-23,26-27,46-47H2,1-3H3,(H,51,58);6-9,14H,10H2,1-3H3;1H,(H2,2,3)/b35-21-;;. The lowest BCUT2D eigenvalue weighted by Gasteiger charge is -2.61. The lowest BCUT2D eigenvalue weighted by Crippen LogP contribution is -2.70.